The Kier molecular flexibility index (Phi) is 2.94. The molecule has 0 aromatic carbocycles. The van der Waals surface area contributed by atoms with Crippen LogP contribution in [-0.2, 0) is 0 Å². The highest BCUT2D eigenvalue weighted by Crippen LogP contribution is 2.35. The molecule has 0 atom stereocenters. The number of imidazole rings is 1. The van der Waals surface area contributed by atoms with Gasteiger partial charge in [-0.25, -0.2) is 4.98 Å². The molecule has 0 saturated carbocycles. The molecule has 14 heavy (non-hydrogen) atoms. The number of hydrogen-bond acceptors (Lipinski definition) is 1. The summed E-state index contributed by atoms with van der Waals surface area (Å²) in [6.45, 7) is 14.4. The van der Waals surface area contributed by atoms with E-state index in [1.165, 1.54) is 0 Å². The molecule has 0 aliphatic heterocycles. The summed E-state index contributed by atoms with van der Waals surface area (Å²) in [5.74, 6) is 0. The average Bonchev–Trinajstić information content (AvgIpc) is 2.64. The van der Waals surface area contributed by atoms with E-state index in [0.717, 1.165) is 17.7 Å². The van der Waals surface area contributed by atoms with Crippen molar-refractivity contribution < 1.29 is 0 Å². The van der Waals surface area contributed by atoms with Gasteiger partial charge in [-0.1, -0.05) is 33.9 Å². The predicted molar refractivity (Wildman–Crippen MR) is 61.7 cm³/mol. The van der Waals surface area contributed by atoms with Crippen LogP contribution in [0.25, 0.3) is 11.8 Å². The zero-order chi connectivity index (χ0) is 10.8. The fourth-order valence-corrected chi connectivity index (χ4v) is 1.24. The van der Waals surface area contributed by atoms with E-state index in [1.807, 2.05) is 10.8 Å². The van der Waals surface area contributed by atoms with Crippen LogP contribution in [0.2, 0.25) is 0 Å². The number of aromatic nitrogens is 2. The van der Waals surface area contributed by atoms with Crippen LogP contribution in [0.1, 0.15) is 32.9 Å². The van der Waals surface area contributed by atoms with Gasteiger partial charge in [-0.2, -0.15) is 0 Å². The first kappa shape index (κ1) is 10.8. The maximum atomic E-state index is 4.14. The number of hydrogen-bond donors (Lipinski definition) is 0. The van der Waals surface area contributed by atoms with Crippen LogP contribution < -0.4 is 0 Å². The lowest BCUT2D eigenvalue weighted by molar-refractivity contribution is 0.481. The third-order valence-corrected chi connectivity index (χ3v) is 2.87. The highest BCUT2D eigenvalue weighted by atomic mass is 15.0. The second-order valence-electron chi connectivity index (χ2n) is 4.08. The molecule has 1 aromatic heterocycles. The molecule has 0 aliphatic carbocycles. The van der Waals surface area contributed by atoms with Crippen LogP contribution in [0.4, 0.5) is 0 Å². The van der Waals surface area contributed by atoms with Gasteiger partial charge in [-0.3, -0.25) is 0 Å². The van der Waals surface area contributed by atoms with Gasteiger partial charge in [-0.05, 0) is 17.4 Å². The van der Waals surface area contributed by atoms with Crippen molar-refractivity contribution in [3.05, 3.63) is 31.4 Å². The van der Waals surface area contributed by atoms with Gasteiger partial charge in [0.15, 0.2) is 0 Å². The molecule has 0 radical (unpaired) electrons. The van der Waals surface area contributed by atoms with Gasteiger partial charge >= 0.3 is 0 Å². The number of allylic oxidation sites excluding steroid dienone is 1. The molecule has 76 valence electrons. The molecule has 0 N–H and O–H groups in total. The maximum absolute atomic E-state index is 4.14. The standard InChI is InChI=1S/C12H18N2/c1-6-12(4,5)10(3)11-8-13-9-14(11)7-2/h7-9H,2-3,6H2,1,4-5H3. The average molecular weight is 190 g/mol. The Morgan fingerprint density at radius 3 is 2.79 bits per heavy atom. The van der Waals surface area contributed by atoms with Crippen LogP contribution in [0, 0.1) is 5.41 Å². The van der Waals surface area contributed by atoms with E-state index >= 15 is 0 Å². The van der Waals surface area contributed by atoms with Crippen molar-refractivity contribution in [2.75, 3.05) is 0 Å². The highest BCUT2D eigenvalue weighted by molar-refractivity contribution is 5.66. The van der Waals surface area contributed by atoms with Crippen molar-refractivity contribution in [2.24, 2.45) is 5.41 Å². The Morgan fingerprint density at radius 1 is 1.64 bits per heavy atom. The van der Waals surface area contributed by atoms with Crippen LogP contribution in [-0.4, -0.2) is 9.55 Å². The smallest absolute Gasteiger partial charge is 0.0991 e. The van der Waals surface area contributed by atoms with E-state index in [0.29, 0.717) is 0 Å². The monoisotopic (exact) mass is 190 g/mol. The summed E-state index contributed by atoms with van der Waals surface area (Å²) in [6.07, 6.45) is 6.40. The normalized spacial score (nSPS) is 11.4. The molecule has 0 unspecified atom stereocenters. The summed E-state index contributed by atoms with van der Waals surface area (Å²) in [5.41, 5.74) is 2.27. The Balaban J connectivity index is 3.06. The number of rotatable bonds is 4. The first-order chi connectivity index (χ1) is 6.53. The molecular formula is C12H18N2. The minimum atomic E-state index is 0.112. The molecule has 0 aliphatic rings. The SMILES string of the molecule is C=Cn1cncc1C(=C)C(C)(C)CC. The fourth-order valence-electron chi connectivity index (χ4n) is 1.24. The van der Waals surface area contributed by atoms with Crippen molar-refractivity contribution in [1.82, 2.24) is 9.55 Å². The van der Waals surface area contributed by atoms with Gasteiger partial charge in [0.25, 0.3) is 0 Å². The summed E-state index contributed by atoms with van der Waals surface area (Å²) in [5, 5.41) is 0. The minimum absolute atomic E-state index is 0.112. The quantitative estimate of drug-likeness (QED) is 0.711. The van der Waals surface area contributed by atoms with Crippen molar-refractivity contribution in [3.63, 3.8) is 0 Å². The van der Waals surface area contributed by atoms with Crippen molar-refractivity contribution in [3.8, 4) is 0 Å². The Labute approximate surface area is 86.0 Å². The molecule has 0 amide bonds. The summed E-state index contributed by atoms with van der Waals surface area (Å²) >= 11 is 0. The van der Waals surface area contributed by atoms with Gasteiger partial charge in [0.2, 0.25) is 0 Å². The summed E-state index contributed by atoms with van der Waals surface area (Å²) < 4.78 is 1.90. The lowest BCUT2D eigenvalue weighted by Crippen LogP contribution is -2.13. The first-order valence-electron chi connectivity index (χ1n) is 4.87. The molecule has 1 heterocycles. The molecule has 0 bridgehead atoms. The zero-order valence-electron chi connectivity index (χ0n) is 9.25. The molecule has 1 aromatic rings. The van der Waals surface area contributed by atoms with Gasteiger partial charge in [0.1, 0.15) is 0 Å². The molecule has 1 rings (SSSR count). The minimum Gasteiger partial charge on any atom is -0.307 e. The van der Waals surface area contributed by atoms with Crippen LogP contribution in [0.15, 0.2) is 25.7 Å². The maximum Gasteiger partial charge on any atom is 0.0991 e. The van der Waals surface area contributed by atoms with Gasteiger partial charge in [0, 0.05) is 6.20 Å². The van der Waals surface area contributed by atoms with E-state index in [-0.39, 0.29) is 5.41 Å². The summed E-state index contributed by atoms with van der Waals surface area (Å²) in [6, 6.07) is 0. The molecule has 2 nitrogen and oxygen atoms in total. The van der Waals surface area contributed by atoms with E-state index in [1.54, 1.807) is 12.5 Å². The van der Waals surface area contributed by atoms with Crippen LogP contribution >= 0.6 is 0 Å². The van der Waals surface area contributed by atoms with Crippen LogP contribution in [0.3, 0.4) is 0 Å². The number of nitrogens with zero attached hydrogens (tertiary/aromatic N) is 2. The van der Waals surface area contributed by atoms with E-state index < -0.39 is 0 Å². The second kappa shape index (κ2) is 3.82. The molecule has 0 saturated heterocycles. The third-order valence-electron chi connectivity index (χ3n) is 2.87. The topological polar surface area (TPSA) is 17.8 Å². The lowest BCUT2D eigenvalue weighted by Gasteiger charge is -2.25. The van der Waals surface area contributed by atoms with E-state index in [4.69, 9.17) is 0 Å². The van der Waals surface area contributed by atoms with Crippen molar-refractivity contribution in [2.45, 2.75) is 27.2 Å². The van der Waals surface area contributed by atoms with Crippen molar-refractivity contribution >= 4 is 11.8 Å². The third kappa shape index (κ3) is 1.79. The molecule has 0 fully saturated rings. The van der Waals surface area contributed by atoms with Crippen molar-refractivity contribution in [1.29, 1.82) is 0 Å². The van der Waals surface area contributed by atoms with Gasteiger partial charge < -0.3 is 4.57 Å². The van der Waals surface area contributed by atoms with Crippen LogP contribution in [0.5, 0.6) is 0 Å². The largest absolute Gasteiger partial charge is 0.307 e. The predicted octanol–water partition coefficient (Wildman–Crippen LogP) is 3.43. The highest BCUT2D eigenvalue weighted by Gasteiger charge is 2.22. The Bertz CT molecular complexity index is 345. The van der Waals surface area contributed by atoms with Gasteiger partial charge in [-0.15, -0.1) is 0 Å². The van der Waals surface area contributed by atoms with E-state index in [2.05, 4.69) is 38.9 Å². The lowest BCUT2D eigenvalue weighted by atomic mass is 9.81. The van der Waals surface area contributed by atoms with E-state index in [9.17, 15) is 0 Å². The summed E-state index contributed by atoms with van der Waals surface area (Å²) in [4.78, 5) is 4.09. The van der Waals surface area contributed by atoms with Gasteiger partial charge in [0.05, 0.1) is 18.2 Å². The summed E-state index contributed by atoms with van der Waals surface area (Å²) in [7, 11) is 0. The fraction of sp³-hybridized carbons (Fsp3) is 0.417. The zero-order valence-corrected chi connectivity index (χ0v) is 9.25. The first-order valence-corrected chi connectivity index (χ1v) is 4.87. The molecule has 0 spiro atoms. The Hall–Kier alpha value is -1.31. The Morgan fingerprint density at radius 2 is 2.29 bits per heavy atom. The molecule has 2 heteroatoms. The molecular weight excluding hydrogens is 172 g/mol. The second-order valence-corrected chi connectivity index (χ2v) is 4.08.